The number of nitrogens with zero attached hydrogens (tertiary/aromatic N) is 3. The lowest BCUT2D eigenvalue weighted by atomic mass is 10.0. The number of hydrogen-bond donors (Lipinski definition) is 1. The molecule has 28 heavy (non-hydrogen) atoms. The van der Waals surface area contributed by atoms with Gasteiger partial charge in [-0.15, -0.1) is 0 Å². The third-order valence-corrected chi connectivity index (χ3v) is 5.05. The molecule has 0 spiro atoms. The van der Waals surface area contributed by atoms with E-state index in [0.717, 1.165) is 0 Å². The number of aryl methyl sites for hydroxylation is 3. The van der Waals surface area contributed by atoms with Crippen molar-refractivity contribution in [3.05, 3.63) is 34.9 Å². The summed E-state index contributed by atoms with van der Waals surface area (Å²) in [6, 6.07) is 3.39. The maximum atomic E-state index is 14.4. The summed E-state index contributed by atoms with van der Waals surface area (Å²) in [6.45, 7) is 4.77. The molecule has 1 aliphatic heterocycles. The smallest absolute Gasteiger partial charge is 0.343 e. The number of carbonyl (C=O) groups is 2. The number of likely N-dealkylation sites (tertiary alicyclic amines) is 1. The van der Waals surface area contributed by atoms with Crippen LogP contribution in [0.1, 0.15) is 34.0 Å². The molecule has 3 aromatic heterocycles. The summed E-state index contributed by atoms with van der Waals surface area (Å²) in [6.07, 6.45) is -0.252. The van der Waals surface area contributed by atoms with Crippen LogP contribution >= 0.6 is 0 Å². The highest BCUT2D eigenvalue weighted by Gasteiger charge is 2.47. The summed E-state index contributed by atoms with van der Waals surface area (Å²) >= 11 is 0. The summed E-state index contributed by atoms with van der Waals surface area (Å²) in [7, 11) is 0. The quantitative estimate of drug-likeness (QED) is 0.735. The number of carboxylic acids is 1. The zero-order chi connectivity index (χ0) is 20.2. The zero-order valence-corrected chi connectivity index (χ0v) is 15.6. The molecule has 0 saturated carbocycles. The molecule has 1 unspecified atom stereocenters. The second-order valence-corrected chi connectivity index (χ2v) is 7.08. The van der Waals surface area contributed by atoms with Gasteiger partial charge in [-0.2, -0.15) is 0 Å². The average molecular weight is 387 g/mol. The number of alkyl halides is 1. The molecule has 0 radical (unpaired) electrons. The van der Waals surface area contributed by atoms with Crippen molar-refractivity contribution in [1.29, 1.82) is 0 Å². The van der Waals surface area contributed by atoms with E-state index in [1.807, 2.05) is 0 Å². The van der Waals surface area contributed by atoms with Crippen LogP contribution in [0.25, 0.3) is 22.4 Å². The Labute approximate surface area is 158 Å². The number of fused-ring (bicyclic) bond motifs is 1. The average Bonchev–Trinajstić information content (AvgIpc) is 3.32. The first-order valence-corrected chi connectivity index (χ1v) is 8.75. The second kappa shape index (κ2) is 6.15. The van der Waals surface area contributed by atoms with E-state index in [1.165, 1.54) is 4.90 Å². The normalized spacial score (nSPS) is 19.5. The number of rotatable bonds is 3. The van der Waals surface area contributed by atoms with Gasteiger partial charge in [-0.1, -0.05) is 5.16 Å². The van der Waals surface area contributed by atoms with E-state index in [-0.39, 0.29) is 24.2 Å². The summed E-state index contributed by atoms with van der Waals surface area (Å²) in [5, 5.41) is 13.4. The minimum absolute atomic E-state index is 0.00889. The molecule has 4 rings (SSSR count). The fraction of sp³-hybridized carbons (Fsp3) is 0.368. The minimum Gasteiger partial charge on any atom is -0.479 e. The van der Waals surface area contributed by atoms with E-state index in [0.29, 0.717) is 33.9 Å². The summed E-state index contributed by atoms with van der Waals surface area (Å²) < 4.78 is 25.2. The van der Waals surface area contributed by atoms with E-state index in [2.05, 4.69) is 10.1 Å². The summed E-state index contributed by atoms with van der Waals surface area (Å²) in [5.74, 6) is -0.722. The summed E-state index contributed by atoms with van der Waals surface area (Å²) in [5.41, 5.74) is -0.375. The second-order valence-electron chi connectivity index (χ2n) is 7.08. The largest absolute Gasteiger partial charge is 0.479 e. The molecule has 4 heterocycles. The van der Waals surface area contributed by atoms with Gasteiger partial charge in [-0.05, 0) is 32.9 Å². The third kappa shape index (κ3) is 2.74. The number of amides is 1. The number of aliphatic carboxylic acids is 1. The van der Waals surface area contributed by atoms with Crippen LogP contribution in [0.15, 0.2) is 21.1 Å². The van der Waals surface area contributed by atoms with E-state index in [1.54, 1.807) is 32.9 Å². The highest BCUT2D eigenvalue weighted by Crippen LogP contribution is 2.33. The molecular weight excluding hydrogens is 369 g/mol. The van der Waals surface area contributed by atoms with Gasteiger partial charge in [0.2, 0.25) is 5.67 Å². The monoisotopic (exact) mass is 387 g/mol. The zero-order valence-electron chi connectivity index (χ0n) is 15.6. The number of carbonyl (C=O) groups excluding carboxylic acids is 1. The van der Waals surface area contributed by atoms with E-state index in [4.69, 9.17) is 14.0 Å². The maximum Gasteiger partial charge on any atom is 0.343 e. The highest BCUT2D eigenvalue weighted by atomic mass is 19.1. The maximum absolute atomic E-state index is 14.4. The van der Waals surface area contributed by atoms with Crippen LogP contribution in [0.3, 0.4) is 0 Å². The molecule has 1 saturated heterocycles. The predicted molar refractivity (Wildman–Crippen MR) is 95.7 cm³/mol. The van der Waals surface area contributed by atoms with Gasteiger partial charge in [0.25, 0.3) is 11.6 Å². The van der Waals surface area contributed by atoms with E-state index >= 15 is 0 Å². The lowest BCUT2D eigenvalue weighted by Crippen LogP contribution is -2.39. The van der Waals surface area contributed by atoms with Crippen molar-refractivity contribution in [2.24, 2.45) is 0 Å². The number of carboxylic acid groups (broad SMARTS) is 1. The minimum atomic E-state index is -2.44. The Bertz CT molecular complexity index is 1120. The summed E-state index contributed by atoms with van der Waals surface area (Å²) in [4.78, 5) is 30.0. The molecule has 3 aromatic rings. The molecule has 1 N–H and O–H groups in total. The topological polar surface area (TPSA) is 110 Å². The van der Waals surface area contributed by atoms with Crippen molar-refractivity contribution >= 4 is 23.0 Å². The Balaban J connectivity index is 1.82. The van der Waals surface area contributed by atoms with Gasteiger partial charge in [-0.25, -0.2) is 14.2 Å². The first-order chi connectivity index (χ1) is 13.2. The Kier molecular flexibility index (Phi) is 3.99. The number of pyridine rings is 1. The Hall–Kier alpha value is -3.23. The molecule has 146 valence electrons. The SMILES string of the molecule is Cc1cc(-c2cc(C(=O)N3CCC(F)(C(=O)O)C3)c3c(C)noc3n2)c(C)o1. The van der Waals surface area contributed by atoms with Crippen molar-refractivity contribution in [3.8, 4) is 11.3 Å². The molecule has 1 fully saturated rings. The van der Waals surface area contributed by atoms with Gasteiger partial charge in [0, 0.05) is 18.5 Å². The molecule has 9 heteroatoms. The highest BCUT2D eigenvalue weighted by molar-refractivity contribution is 6.07. The fourth-order valence-corrected chi connectivity index (χ4v) is 3.58. The van der Waals surface area contributed by atoms with E-state index in [9.17, 15) is 14.0 Å². The van der Waals surface area contributed by atoms with Gasteiger partial charge < -0.3 is 18.9 Å². The van der Waals surface area contributed by atoms with Crippen molar-refractivity contribution in [3.63, 3.8) is 0 Å². The van der Waals surface area contributed by atoms with Gasteiger partial charge in [0.05, 0.1) is 28.9 Å². The molecule has 1 atom stereocenters. The van der Waals surface area contributed by atoms with Crippen molar-refractivity contribution in [2.75, 3.05) is 13.1 Å². The fourth-order valence-electron chi connectivity index (χ4n) is 3.58. The predicted octanol–water partition coefficient (Wildman–Crippen LogP) is 3.05. The van der Waals surface area contributed by atoms with Crippen molar-refractivity contribution < 1.29 is 28.0 Å². The Morgan fingerprint density at radius 2 is 2.04 bits per heavy atom. The third-order valence-electron chi connectivity index (χ3n) is 5.05. The molecule has 0 bridgehead atoms. The van der Waals surface area contributed by atoms with Gasteiger partial charge >= 0.3 is 5.97 Å². The van der Waals surface area contributed by atoms with Crippen LogP contribution in [0.2, 0.25) is 0 Å². The van der Waals surface area contributed by atoms with Gasteiger partial charge in [0.15, 0.2) is 0 Å². The van der Waals surface area contributed by atoms with Crippen molar-refractivity contribution in [1.82, 2.24) is 15.0 Å². The van der Waals surface area contributed by atoms with Crippen LogP contribution in [0.5, 0.6) is 0 Å². The number of halogens is 1. The molecule has 0 aliphatic carbocycles. The van der Waals surface area contributed by atoms with Crippen LogP contribution in [0, 0.1) is 20.8 Å². The Morgan fingerprint density at radius 3 is 2.64 bits per heavy atom. The van der Waals surface area contributed by atoms with Gasteiger partial charge in [0.1, 0.15) is 11.5 Å². The van der Waals surface area contributed by atoms with Crippen molar-refractivity contribution in [2.45, 2.75) is 32.9 Å². The first-order valence-electron chi connectivity index (χ1n) is 8.75. The molecule has 0 aromatic carbocycles. The number of hydrogen-bond acceptors (Lipinski definition) is 6. The molecule has 8 nitrogen and oxygen atoms in total. The Morgan fingerprint density at radius 1 is 1.29 bits per heavy atom. The lowest BCUT2D eigenvalue weighted by molar-refractivity contribution is -0.149. The van der Waals surface area contributed by atoms with Crippen LogP contribution in [0.4, 0.5) is 4.39 Å². The van der Waals surface area contributed by atoms with Crippen LogP contribution in [-0.4, -0.2) is 50.8 Å². The van der Waals surface area contributed by atoms with E-state index < -0.39 is 24.1 Å². The molecular formula is C19H18FN3O5. The van der Waals surface area contributed by atoms with Crippen LogP contribution < -0.4 is 0 Å². The molecule has 1 amide bonds. The standard InChI is InChI=1S/C19H18FN3O5/c1-9-6-12(11(3)27-9)14-7-13(15-10(2)22-28-16(15)21-14)17(24)23-5-4-19(20,8-23)18(25)26/h6-7H,4-5,8H2,1-3H3,(H,25,26). The first kappa shape index (κ1) is 18.1. The number of furan rings is 1. The van der Waals surface area contributed by atoms with Gasteiger partial charge in [-0.3, -0.25) is 4.79 Å². The molecule has 1 aliphatic rings. The van der Waals surface area contributed by atoms with Crippen LogP contribution in [-0.2, 0) is 4.79 Å². The lowest BCUT2D eigenvalue weighted by Gasteiger charge is -2.18. The number of aromatic nitrogens is 2.